The minimum Gasteiger partial charge on any atom is -0.289 e. The Kier molecular flexibility index (Phi) is 5.88. The van der Waals surface area contributed by atoms with Crippen molar-refractivity contribution in [3.8, 4) is 0 Å². The van der Waals surface area contributed by atoms with Gasteiger partial charge in [0.1, 0.15) is 0 Å². The maximum absolute atomic E-state index is 11.5. The van der Waals surface area contributed by atoms with E-state index in [-0.39, 0.29) is 6.42 Å². The molecule has 2 amide bonds. The Morgan fingerprint density at radius 3 is 2.00 bits per heavy atom. The Balaban J connectivity index is 2.16. The van der Waals surface area contributed by atoms with Gasteiger partial charge in [-0.1, -0.05) is 37.6 Å². The van der Waals surface area contributed by atoms with Crippen molar-refractivity contribution in [2.75, 3.05) is 4.90 Å². The minimum absolute atomic E-state index is 0.0869. The molecule has 0 radical (unpaired) electrons. The van der Waals surface area contributed by atoms with Crippen molar-refractivity contribution in [2.24, 2.45) is 0 Å². The molecule has 5 nitrogen and oxygen atoms in total. The molecule has 2 N–H and O–H groups in total. The van der Waals surface area contributed by atoms with Crippen molar-refractivity contribution in [1.29, 1.82) is 0 Å². The quantitative estimate of drug-likeness (QED) is 0.469. The molecule has 0 aliphatic heterocycles. The van der Waals surface area contributed by atoms with E-state index in [2.05, 4.69) is 6.92 Å². The van der Waals surface area contributed by atoms with E-state index in [1.165, 1.54) is 5.56 Å². The van der Waals surface area contributed by atoms with E-state index < -0.39 is 5.91 Å². The van der Waals surface area contributed by atoms with Gasteiger partial charge in [0.2, 0.25) is 12.3 Å². The van der Waals surface area contributed by atoms with Crippen LogP contribution in [0.4, 0.5) is 11.4 Å². The number of nitrogens with zero attached hydrogens (tertiary/aromatic N) is 1. The van der Waals surface area contributed by atoms with Gasteiger partial charge in [0.25, 0.3) is 0 Å². The van der Waals surface area contributed by atoms with E-state index in [9.17, 15) is 9.59 Å². The highest BCUT2D eigenvalue weighted by Gasteiger charge is 2.09. The van der Waals surface area contributed by atoms with Gasteiger partial charge < -0.3 is 0 Å². The largest absolute Gasteiger partial charge is 0.289 e. The summed E-state index contributed by atoms with van der Waals surface area (Å²) in [5.74, 6) is -0.475. The summed E-state index contributed by atoms with van der Waals surface area (Å²) in [6.07, 6.45) is 2.95. The SMILES string of the molecule is CCCc1ccc(N(C=O)c2ccc(CC(=O)NO)cc2)cc1. The summed E-state index contributed by atoms with van der Waals surface area (Å²) >= 11 is 0. The monoisotopic (exact) mass is 312 g/mol. The standard InChI is InChI=1S/C18H20N2O3/c1-2-3-14-4-8-16(9-5-14)20(13-21)17-10-6-15(7-11-17)12-18(22)19-23/h4-11,13,23H,2-3,12H2,1H3,(H,19,22). The van der Waals surface area contributed by atoms with Gasteiger partial charge >= 0.3 is 0 Å². The lowest BCUT2D eigenvalue weighted by atomic mass is 10.1. The average Bonchev–Trinajstić information content (AvgIpc) is 2.58. The molecule has 2 rings (SSSR count). The molecule has 2 aromatic rings. The Morgan fingerprint density at radius 2 is 1.57 bits per heavy atom. The van der Waals surface area contributed by atoms with Crippen molar-refractivity contribution < 1.29 is 14.8 Å². The van der Waals surface area contributed by atoms with Crippen molar-refractivity contribution in [1.82, 2.24) is 5.48 Å². The van der Waals surface area contributed by atoms with Crippen LogP contribution in [0.15, 0.2) is 48.5 Å². The Hall–Kier alpha value is -2.66. The highest BCUT2D eigenvalue weighted by Crippen LogP contribution is 2.24. The molecule has 0 aliphatic carbocycles. The summed E-state index contributed by atoms with van der Waals surface area (Å²) in [6, 6.07) is 14.9. The van der Waals surface area contributed by atoms with Crippen molar-refractivity contribution in [3.05, 3.63) is 59.7 Å². The van der Waals surface area contributed by atoms with Crippen LogP contribution >= 0.6 is 0 Å². The van der Waals surface area contributed by atoms with E-state index in [1.54, 1.807) is 34.6 Å². The lowest BCUT2D eigenvalue weighted by molar-refractivity contribution is -0.128. The predicted octanol–water partition coefficient (Wildman–Crippen LogP) is 2.98. The van der Waals surface area contributed by atoms with E-state index >= 15 is 0 Å². The molecule has 0 unspecified atom stereocenters. The highest BCUT2D eigenvalue weighted by molar-refractivity contribution is 5.86. The summed E-state index contributed by atoms with van der Waals surface area (Å²) in [7, 11) is 0. The zero-order valence-corrected chi connectivity index (χ0v) is 13.0. The summed E-state index contributed by atoms with van der Waals surface area (Å²) in [5, 5.41) is 8.53. The number of aryl methyl sites for hydroxylation is 1. The van der Waals surface area contributed by atoms with Crippen LogP contribution in [-0.4, -0.2) is 17.5 Å². The van der Waals surface area contributed by atoms with Crippen LogP contribution < -0.4 is 10.4 Å². The molecule has 0 bridgehead atoms. The van der Waals surface area contributed by atoms with Gasteiger partial charge in [0.05, 0.1) is 6.42 Å². The fraction of sp³-hybridized carbons (Fsp3) is 0.222. The first-order chi connectivity index (χ1) is 11.2. The number of benzene rings is 2. The molecule has 0 saturated carbocycles. The van der Waals surface area contributed by atoms with E-state index in [4.69, 9.17) is 5.21 Å². The first-order valence-corrected chi connectivity index (χ1v) is 7.53. The fourth-order valence-electron chi connectivity index (χ4n) is 2.38. The summed E-state index contributed by atoms with van der Waals surface area (Å²) in [6.45, 7) is 2.13. The third kappa shape index (κ3) is 4.40. The molecule has 120 valence electrons. The van der Waals surface area contributed by atoms with Crippen LogP contribution in [0, 0.1) is 0 Å². The van der Waals surface area contributed by atoms with Crippen LogP contribution in [0.2, 0.25) is 0 Å². The maximum atomic E-state index is 11.5. The number of anilines is 2. The van der Waals surface area contributed by atoms with Gasteiger partial charge in [-0.05, 0) is 41.8 Å². The predicted molar refractivity (Wildman–Crippen MR) is 88.7 cm³/mol. The Bertz CT molecular complexity index is 651. The number of hydrogen-bond acceptors (Lipinski definition) is 3. The van der Waals surface area contributed by atoms with E-state index in [0.717, 1.165) is 36.2 Å². The molecule has 0 aliphatic rings. The average molecular weight is 312 g/mol. The number of hydrogen-bond donors (Lipinski definition) is 2. The van der Waals surface area contributed by atoms with Gasteiger partial charge in [-0.2, -0.15) is 0 Å². The number of hydroxylamine groups is 1. The topological polar surface area (TPSA) is 69.6 Å². The second kappa shape index (κ2) is 8.10. The van der Waals surface area contributed by atoms with Gasteiger partial charge in [-0.25, -0.2) is 5.48 Å². The van der Waals surface area contributed by atoms with Gasteiger partial charge in [-0.15, -0.1) is 0 Å². The molecule has 5 heteroatoms. The summed E-state index contributed by atoms with van der Waals surface area (Å²) in [5.41, 5.74) is 5.11. The Labute approximate surface area is 135 Å². The van der Waals surface area contributed by atoms with E-state index in [0.29, 0.717) is 0 Å². The van der Waals surface area contributed by atoms with Crippen molar-refractivity contribution >= 4 is 23.7 Å². The Morgan fingerprint density at radius 1 is 1.04 bits per heavy atom. The third-order valence-electron chi connectivity index (χ3n) is 3.56. The van der Waals surface area contributed by atoms with Crippen molar-refractivity contribution in [3.63, 3.8) is 0 Å². The van der Waals surface area contributed by atoms with Gasteiger partial charge in [-0.3, -0.25) is 19.7 Å². The lowest BCUT2D eigenvalue weighted by Crippen LogP contribution is -2.20. The molecule has 2 aromatic carbocycles. The molecule has 0 heterocycles. The normalized spacial score (nSPS) is 10.2. The molecule has 0 saturated heterocycles. The minimum atomic E-state index is -0.475. The molecular formula is C18H20N2O3. The summed E-state index contributed by atoms with van der Waals surface area (Å²) in [4.78, 5) is 24.1. The van der Waals surface area contributed by atoms with Crippen LogP contribution in [0.1, 0.15) is 24.5 Å². The smallest absolute Gasteiger partial charge is 0.247 e. The number of amides is 2. The fourth-order valence-corrected chi connectivity index (χ4v) is 2.38. The molecule has 0 atom stereocenters. The van der Waals surface area contributed by atoms with Crippen LogP contribution in [0.5, 0.6) is 0 Å². The zero-order chi connectivity index (χ0) is 16.7. The molecule has 0 fully saturated rings. The van der Waals surface area contributed by atoms with Crippen molar-refractivity contribution in [2.45, 2.75) is 26.2 Å². The first kappa shape index (κ1) is 16.7. The molecule has 0 aromatic heterocycles. The molecular weight excluding hydrogens is 292 g/mol. The zero-order valence-electron chi connectivity index (χ0n) is 13.0. The number of carbonyl (C=O) groups excluding carboxylic acids is 2. The number of carbonyl (C=O) groups is 2. The first-order valence-electron chi connectivity index (χ1n) is 7.53. The molecule has 0 spiro atoms. The van der Waals surface area contributed by atoms with Crippen LogP contribution in [-0.2, 0) is 22.4 Å². The number of nitrogens with one attached hydrogen (secondary N) is 1. The third-order valence-corrected chi connectivity index (χ3v) is 3.56. The second-order valence-electron chi connectivity index (χ2n) is 5.27. The lowest BCUT2D eigenvalue weighted by Gasteiger charge is -2.18. The van der Waals surface area contributed by atoms with E-state index in [1.807, 2.05) is 24.3 Å². The maximum Gasteiger partial charge on any atom is 0.247 e. The number of rotatable bonds is 7. The van der Waals surface area contributed by atoms with Gasteiger partial charge in [0.15, 0.2) is 0 Å². The highest BCUT2D eigenvalue weighted by atomic mass is 16.5. The molecule has 23 heavy (non-hydrogen) atoms. The van der Waals surface area contributed by atoms with Crippen LogP contribution in [0.25, 0.3) is 0 Å². The second-order valence-corrected chi connectivity index (χ2v) is 5.27. The van der Waals surface area contributed by atoms with Crippen LogP contribution in [0.3, 0.4) is 0 Å². The summed E-state index contributed by atoms with van der Waals surface area (Å²) < 4.78 is 0. The van der Waals surface area contributed by atoms with Gasteiger partial charge in [0, 0.05) is 11.4 Å².